The van der Waals surface area contributed by atoms with Crippen LogP contribution in [0.25, 0.3) is 0 Å². The quantitative estimate of drug-likeness (QED) is 0.396. The summed E-state index contributed by atoms with van der Waals surface area (Å²) in [5, 5.41) is 11.7. The summed E-state index contributed by atoms with van der Waals surface area (Å²) in [4.78, 5) is 22.2. The number of aromatic nitrogens is 2. The highest BCUT2D eigenvalue weighted by molar-refractivity contribution is 6.32. The van der Waals surface area contributed by atoms with Crippen LogP contribution in [-0.4, -0.2) is 27.3 Å². The van der Waals surface area contributed by atoms with E-state index in [4.69, 9.17) is 26.2 Å². The predicted octanol–water partition coefficient (Wildman–Crippen LogP) is 4.91. The Balaban J connectivity index is 1.83. The number of carbonyl (C=O) groups is 1. The molecule has 3 rings (SSSR count). The number of hydrogen-bond acceptors (Lipinski definition) is 7. The van der Waals surface area contributed by atoms with Crippen molar-refractivity contribution in [3.8, 4) is 23.3 Å². The smallest absolute Gasteiger partial charge is 0.350 e. The van der Waals surface area contributed by atoms with Crippen molar-refractivity contribution < 1.29 is 33.0 Å². The minimum Gasteiger partial charge on any atom is -0.477 e. The van der Waals surface area contributed by atoms with Crippen molar-refractivity contribution in [2.45, 2.75) is 6.36 Å². The van der Waals surface area contributed by atoms with Gasteiger partial charge < -0.3 is 19.4 Å². The van der Waals surface area contributed by atoms with Crippen LogP contribution in [0.5, 0.6) is 23.3 Å². The first-order valence-corrected chi connectivity index (χ1v) is 8.59. The highest BCUT2D eigenvalue weighted by Gasteiger charge is 2.21. The lowest BCUT2D eigenvalue weighted by molar-refractivity contribution is -0.129. The van der Waals surface area contributed by atoms with Gasteiger partial charge in [-0.2, -0.15) is 18.7 Å². The molecule has 3 aromatic rings. The van der Waals surface area contributed by atoms with E-state index in [9.17, 15) is 13.6 Å². The average molecular weight is 436 g/mol. The predicted molar refractivity (Wildman–Crippen MR) is 101 cm³/mol. The number of ether oxygens (including phenoxy) is 2. The molecule has 0 fully saturated rings. The molecule has 1 heterocycles. The van der Waals surface area contributed by atoms with Gasteiger partial charge in [0.1, 0.15) is 17.8 Å². The first kappa shape index (κ1) is 20.9. The number of hydrogen-bond donors (Lipinski definition) is 1. The molecule has 0 aliphatic heterocycles. The van der Waals surface area contributed by atoms with E-state index in [2.05, 4.69) is 20.0 Å². The van der Waals surface area contributed by atoms with E-state index in [-0.39, 0.29) is 22.1 Å². The molecule has 11 heteroatoms. The number of carboxylic acids is 1. The maximum absolute atomic E-state index is 14.8. The standard InChI is InChI=1S/C19H12ClF2N3O5/c20-12-6-2-4-8-14(12)29-19-16(21)18(23-10-24-19)28-13-7-3-1-5-11(13)17(22)30-25-9-15(26)27/h1-10,17H,(H,26,27)/b25-9-. The Hall–Kier alpha value is -3.79. The lowest BCUT2D eigenvalue weighted by Gasteiger charge is -2.13. The Labute approximate surface area is 173 Å². The van der Waals surface area contributed by atoms with Crippen molar-refractivity contribution in [3.05, 3.63) is 71.3 Å². The summed E-state index contributed by atoms with van der Waals surface area (Å²) in [5.74, 6) is -3.44. The van der Waals surface area contributed by atoms with Crippen LogP contribution in [0.1, 0.15) is 11.9 Å². The Morgan fingerprint density at radius 2 is 1.67 bits per heavy atom. The van der Waals surface area contributed by atoms with Crippen molar-refractivity contribution in [1.82, 2.24) is 9.97 Å². The second kappa shape index (κ2) is 9.61. The summed E-state index contributed by atoms with van der Waals surface area (Å²) in [6, 6.07) is 12.0. The fourth-order valence-electron chi connectivity index (χ4n) is 2.16. The molecule has 154 valence electrons. The maximum Gasteiger partial charge on any atom is 0.350 e. The third-order valence-corrected chi connectivity index (χ3v) is 3.77. The van der Waals surface area contributed by atoms with E-state index in [1.165, 1.54) is 30.3 Å². The third-order valence-electron chi connectivity index (χ3n) is 3.46. The largest absolute Gasteiger partial charge is 0.477 e. The van der Waals surface area contributed by atoms with Gasteiger partial charge in [-0.1, -0.05) is 41.0 Å². The molecule has 0 radical (unpaired) electrons. The zero-order chi connectivity index (χ0) is 21.5. The number of alkyl halides is 1. The number of nitrogens with zero attached hydrogens (tertiary/aromatic N) is 3. The summed E-state index contributed by atoms with van der Waals surface area (Å²) in [7, 11) is 0. The van der Waals surface area contributed by atoms with E-state index in [1.54, 1.807) is 18.2 Å². The van der Waals surface area contributed by atoms with Gasteiger partial charge in [-0.3, -0.25) is 0 Å². The fourth-order valence-corrected chi connectivity index (χ4v) is 2.34. The summed E-state index contributed by atoms with van der Waals surface area (Å²) in [6.07, 6.45) is -0.813. The molecule has 1 N–H and O–H groups in total. The lowest BCUT2D eigenvalue weighted by Crippen LogP contribution is -2.02. The number of aliphatic carboxylic acids is 1. The molecule has 0 saturated carbocycles. The van der Waals surface area contributed by atoms with E-state index < -0.39 is 29.9 Å². The summed E-state index contributed by atoms with van der Waals surface area (Å²) >= 11 is 5.99. The fraction of sp³-hybridized carbons (Fsp3) is 0.0526. The van der Waals surface area contributed by atoms with E-state index >= 15 is 0 Å². The maximum atomic E-state index is 14.8. The molecular formula is C19H12ClF2N3O5. The van der Waals surface area contributed by atoms with Crippen LogP contribution in [0.15, 0.2) is 60.0 Å². The number of halogens is 3. The first-order chi connectivity index (χ1) is 14.5. The zero-order valence-electron chi connectivity index (χ0n) is 14.9. The third kappa shape index (κ3) is 5.17. The topological polar surface area (TPSA) is 103 Å². The Kier molecular flexibility index (Phi) is 6.71. The van der Waals surface area contributed by atoms with Gasteiger partial charge >= 0.3 is 5.97 Å². The lowest BCUT2D eigenvalue weighted by atomic mass is 10.2. The zero-order valence-corrected chi connectivity index (χ0v) is 15.7. The van der Waals surface area contributed by atoms with Gasteiger partial charge in [-0.05, 0) is 24.3 Å². The van der Waals surface area contributed by atoms with Crippen LogP contribution in [0.2, 0.25) is 5.02 Å². The monoisotopic (exact) mass is 435 g/mol. The molecule has 2 aromatic carbocycles. The second-order valence-corrected chi connectivity index (χ2v) is 5.87. The van der Waals surface area contributed by atoms with Crippen molar-refractivity contribution >= 4 is 23.8 Å². The molecule has 0 aliphatic rings. The van der Waals surface area contributed by atoms with Crippen molar-refractivity contribution in [1.29, 1.82) is 0 Å². The Morgan fingerprint density at radius 3 is 2.33 bits per heavy atom. The van der Waals surface area contributed by atoms with Crippen molar-refractivity contribution in [2.24, 2.45) is 5.16 Å². The molecule has 0 aliphatic carbocycles. The van der Waals surface area contributed by atoms with E-state index in [0.29, 0.717) is 6.21 Å². The van der Waals surface area contributed by atoms with Crippen molar-refractivity contribution in [3.63, 3.8) is 0 Å². The van der Waals surface area contributed by atoms with Gasteiger partial charge in [0.2, 0.25) is 5.82 Å². The summed E-state index contributed by atoms with van der Waals surface area (Å²) in [5.41, 5.74) is -0.174. The molecule has 1 atom stereocenters. The van der Waals surface area contributed by atoms with Crippen LogP contribution >= 0.6 is 11.6 Å². The number of rotatable bonds is 8. The van der Waals surface area contributed by atoms with E-state index in [1.807, 2.05) is 0 Å². The second-order valence-electron chi connectivity index (χ2n) is 5.46. The number of oxime groups is 1. The summed E-state index contributed by atoms with van der Waals surface area (Å²) < 4.78 is 39.8. The highest BCUT2D eigenvalue weighted by Crippen LogP contribution is 2.35. The van der Waals surface area contributed by atoms with Crippen LogP contribution in [0, 0.1) is 5.82 Å². The molecule has 1 aromatic heterocycles. The molecular weight excluding hydrogens is 424 g/mol. The Bertz CT molecular complexity index is 1080. The van der Waals surface area contributed by atoms with Gasteiger partial charge in [0.15, 0.2) is 6.21 Å². The molecule has 0 spiro atoms. The molecule has 0 amide bonds. The number of para-hydroxylation sites is 2. The minimum absolute atomic E-state index is 0.142. The van der Waals surface area contributed by atoms with Crippen LogP contribution in [-0.2, 0) is 9.63 Å². The number of benzene rings is 2. The Morgan fingerprint density at radius 1 is 1.07 bits per heavy atom. The van der Waals surface area contributed by atoms with Gasteiger partial charge in [-0.25, -0.2) is 4.79 Å². The molecule has 0 saturated heterocycles. The molecule has 1 unspecified atom stereocenters. The van der Waals surface area contributed by atoms with Gasteiger partial charge in [0, 0.05) is 0 Å². The van der Waals surface area contributed by atoms with Crippen molar-refractivity contribution in [2.75, 3.05) is 0 Å². The van der Waals surface area contributed by atoms with Crippen LogP contribution in [0.4, 0.5) is 8.78 Å². The van der Waals surface area contributed by atoms with Gasteiger partial charge in [0.05, 0.1) is 10.6 Å². The minimum atomic E-state index is -2.18. The van der Waals surface area contributed by atoms with Crippen LogP contribution in [0.3, 0.4) is 0 Å². The molecule has 8 nitrogen and oxygen atoms in total. The van der Waals surface area contributed by atoms with Crippen LogP contribution < -0.4 is 9.47 Å². The van der Waals surface area contributed by atoms with Gasteiger partial charge in [-0.15, -0.1) is 0 Å². The number of carboxylic acid groups (broad SMARTS) is 1. The van der Waals surface area contributed by atoms with E-state index in [0.717, 1.165) is 6.33 Å². The highest BCUT2D eigenvalue weighted by atomic mass is 35.5. The summed E-state index contributed by atoms with van der Waals surface area (Å²) in [6.45, 7) is 0. The molecule has 0 bridgehead atoms. The average Bonchev–Trinajstić information content (AvgIpc) is 2.72. The first-order valence-electron chi connectivity index (χ1n) is 8.21. The van der Waals surface area contributed by atoms with Gasteiger partial charge in [0.25, 0.3) is 18.1 Å². The SMILES string of the molecule is O=C(O)/C=N\OC(F)c1ccccc1Oc1ncnc(Oc2ccccc2Cl)c1F. The molecule has 30 heavy (non-hydrogen) atoms. The normalized spacial score (nSPS) is 11.8.